The summed E-state index contributed by atoms with van der Waals surface area (Å²) in [6.45, 7) is 2.65. The smallest absolute Gasteiger partial charge is 0.252 e. The highest BCUT2D eigenvalue weighted by Gasteiger charge is 2.40. The van der Waals surface area contributed by atoms with Crippen molar-refractivity contribution in [1.29, 1.82) is 0 Å². The molecular weight excluding hydrogens is 414 g/mol. The Balaban J connectivity index is 1.57. The second-order valence-corrected chi connectivity index (χ2v) is 8.86. The number of aliphatic hydroxyl groups is 1. The lowest BCUT2D eigenvalue weighted by molar-refractivity contribution is -0.118. The van der Waals surface area contributed by atoms with Crippen LogP contribution in [-0.4, -0.2) is 40.9 Å². The predicted octanol–water partition coefficient (Wildman–Crippen LogP) is 3.44. The molecule has 7 heteroatoms. The lowest BCUT2D eigenvalue weighted by Gasteiger charge is -2.33. The number of aromatic nitrogens is 1. The summed E-state index contributed by atoms with van der Waals surface area (Å²) in [6, 6.07) is 11.2. The Morgan fingerprint density at radius 1 is 1.26 bits per heavy atom. The van der Waals surface area contributed by atoms with E-state index in [4.69, 9.17) is 16.3 Å². The van der Waals surface area contributed by atoms with E-state index >= 15 is 0 Å². The largest absolute Gasteiger partial charge is 0.388 e. The lowest BCUT2D eigenvalue weighted by Crippen LogP contribution is -2.44. The molecule has 162 valence electrons. The van der Waals surface area contributed by atoms with Crippen molar-refractivity contribution in [2.75, 3.05) is 13.1 Å². The van der Waals surface area contributed by atoms with E-state index in [0.29, 0.717) is 23.7 Å². The maximum absolute atomic E-state index is 12.9. The van der Waals surface area contributed by atoms with Crippen LogP contribution >= 0.6 is 11.6 Å². The third-order valence-electron chi connectivity index (χ3n) is 5.85. The third kappa shape index (κ3) is 5.21. The number of nitrogens with one attached hydrogen (secondary N) is 1. The zero-order valence-electron chi connectivity index (χ0n) is 17.4. The molecule has 1 aromatic heterocycles. The summed E-state index contributed by atoms with van der Waals surface area (Å²) >= 11 is 6.08. The van der Waals surface area contributed by atoms with Gasteiger partial charge in [0.1, 0.15) is 5.60 Å². The Morgan fingerprint density at radius 2 is 1.97 bits per heavy atom. The van der Waals surface area contributed by atoms with Crippen molar-refractivity contribution in [3.05, 3.63) is 76.6 Å². The summed E-state index contributed by atoms with van der Waals surface area (Å²) in [5, 5.41) is 14.0. The van der Waals surface area contributed by atoms with Crippen molar-refractivity contribution >= 4 is 23.7 Å². The minimum Gasteiger partial charge on any atom is -0.388 e. The third-order valence-corrected chi connectivity index (χ3v) is 6.10. The molecule has 1 aliphatic heterocycles. The van der Waals surface area contributed by atoms with Crippen LogP contribution in [0.4, 0.5) is 0 Å². The normalized spacial score (nSPS) is 22.5. The summed E-state index contributed by atoms with van der Waals surface area (Å²) in [6.07, 6.45) is 8.79. The highest BCUT2D eigenvalue weighted by atomic mass is 35.5. The van der Waals surface area contributed by atoms with Gasteiger partial charge in [0.2, 0.25) is 0 Å². The summed E-state index contributed by atoms with van der Waals surface area (Å²) in [5.41, 5.74) is 0.430. The number of halogens is 1. The molecule has 31 heavy (non-hydrogen) atoms. The van der Waals surface area contributed by atoms with Crippen LogP contribution in [0.2, 0.25) is 5.02 Å². The second kappa shape index (κ2) is 8.91. The van der Waals surface area contributed by atoms with Gasteiger partial charge in [-0.1, -0.05) is 23.7 Å². The summed E-state index contributed by atoms with van der Waals surface area (Å²) in [4.78, 5) is 21.4. The zero-order valence-corrected chi connectivity index (χ0v) is 18.2. The van der Waals surface area contributed by atoms with Crippen molar-refractivity contribution in [3.8, 4) is 0 Å². The minimum absolute atomic E-state index is 0.202. The van der Waals surface area contributed by atoms with Crippen LogP contribution in [0, 0.1) is 5.92 Å². The van der Waals surface area contributed by atoms with Gasteiger partial charge in [-0.05, 0) is 67.2 Å². The van der Waals surface area contributed by atoms with E-state index in [9.17, 15) is 9.90 Å². The van der Waals surface area contributed by atoms with Crippen molar-refractivity contribution in [1.82, 2.24) is 10.3 Å². The molecule has 1 saturated carbocycles. The molecular formula is C24H26ClN3O3. The number of rotatable bonds is 8. The first-order valence-electron chi connectivity index (χ1n) is 10.4. The maximum Gasteiger partial charge on any atom is 0.252 e. The molecule has 2 N–H and O–H groups in total. The van der Waals surface area contributed by atoms with Crippen molar-refractivity contribution in [3.63, 3.8) is 0 Å². The molecule has 1 aliphatic carbocycles. The molecule has 4 rings (SSSR count). The second-order valence-electron chi connectivity index (χ2n) is 8.42. The quantitative estimate of drug-likeness (QED) is 0.660. The van der Waals surface area contributed by atoms with E-state index in [1.54, 1.807) is 37.7 Å². The van der Waals surface area contributed by atoms with E-state index in [0.717, 1.165) is 24.0 Å². The number of pyridine rings is 1. The molecule has 2 aromatic rings. The van der Waals surface area contributed by atoms with Gasteiger partial charge < -0.3 is 15.2 Å². The highest BCUT2D eigenvalue weighted by Crippen LogP contribution is 2.39. The Hall–Kier alpha value is -2.54. The van der Waals surface area contributed by atoms with Gasteiger partial charge in [0.15, 0.2) is 0 Å². The number of carbonyl (C=O) groups is 1. The standard InChI is InChI=1S/C24H26ClN3O3/c1-23(30,19-2-3-19)15-28-22(29)18-12-24(16-27-13-18,20-4-6-21(25)7-5-20)31-14-17-8-10-26-11-9-17/h4-13,19,30H,2-3,14-16H2,1H3,(H,28,29)/t23-,24?/m0/s1. The van der Waals surface area contributed by atoms with Crippen molar-refractivity contribution in [2.45, 2.75) is 37.6 Å². The van der Waals surface area contributed by atoms with Gasteiger partial charge in [0.25, 0.3) is 5.91 Å². The molecule has 1 fully saturated rings. The maximum atomic E-state index is 12.9. The number of benzene rings is 1. The highest BCUT2D eigenvalue weighted by molar-refractivity contribution is 6.30. The predicted molar refractivity (Wildman–Crippen MR) is 120 cm³/mol. The molecule has 1 unspecified atom stereocenters. The van der Waals surface area contributed by atoms with E-state index in [1.807, 2.05) is 30.3 Å². The van der Waals surface area contributed by atoms with Gasteiger partial charge >= 0.3 is 0 Å². The van der Waals surface area contributed by atoms with Crippen LogP contribution in [0.5, 0.6) is 0 Å². The van der Waals surface area contributed by atoms with E-state index in [1.165, 1.54) is 0 Å². The molecule has 2 aliphatic rings. The first kappa shape index (κ1) is 21.7. The topological polar surface area (TPSA) is 83.8 Å². The van der Waals surface area contributed by atoms with Crippen LogP contribution in [-0.2, 0) is 21.7 Å². The number of nitrogens with zero attached hydrogens (tertiary/aromatic N) is 2. The fourth-order valence-electron chi connectivity index (χ4n) is 3.72. The number of dihydropyridines is 1. The SMILES string of the molecule is C[C@](O)(CNC(=O)C1=CC(OCc2ccncc2)(c2ccc(Cl)cc2)CN=C1)C1CC1. The molecule has 0 bridgehead atoms. The van der Waals surface area contributed by atoms with Gasteiger partial charge in [-0.2, -0.15) is 0 Å². The van der Waals surface area contributed by atoms with Crippen LogP contribution in [0.25, 0.3) is 0 Å². The molecule has 6 nitrogen and oxygen atoms in total. The van der Waals surface area contributed by atoms with Gasteiger partial charge in [-0.25, -0.2) is 0 Å². The van der Waals surface area contributed by atoms with E-state index in [2.05, 4.69) is 15.3 Å². The summed E-state index contributed by atoms with van der Waals surface area (Å²) in [5.74, 6) is -0.0334. The van der Waals surface area contributed by atoms with Gasteiger partial charge in [-0.15, -0.1) is 0 Å². The average molecular weight is 440 g/mol. The Kier molecular flexibility index (Phi) is 6.23. The lowest BCUT2D eigenvalue weighted by atomic mass is 9.89. The fourth-order valence-corrected chi connectivity index (χ4v) is 3.84. The van der Waals surface area contributed by atoms with Crippen molar-refractivity contribution in [2.24, 2.45) is 10.9 Å². The van der Waals surface area contributed by atoms with Crippen LogP contribution in [0.15, 0.2) is 65.4 Å². The summed E-state index contributed by atoms with van der Waals surface area (Å²) < 4.78 is 6.37. The Morgan fingerprint density at radius 3 is 2.65 bits per heavy atom. The number of ether oxygens (including phenoxy) is 1. The van der Waals surface area contributed by atoms with Gasteiger partial charge in [0, 0.05) is 30.2 Å². The van der Waals surface area contributed by atoms with Gasteiger partial charge in [-0.3, -0.25) is 14.8 Å². The number of amides is 1. The van der Waals surface area contributed by atoms with Crippen molar-refractivity contribution < 1.29 is 14.6 Å². The molecule has 2 atom stereocenters. The molecule has 1 amide bonds. The Bertz CT molecular complexity index is 985. The number of hydrogen-bond donors (Lipinski definition) is 2. The molecule has 0 spiro atoms. The van der Waals surface area contributed by atoms with Gasteiger partial charge in [0.05, 0.1) is 24.3 Å². The monoisotopic (exact) mass is 439 g/mol. The molecule has 1 aromatic carbocycles. The van der Waals surface area contributed by atoms with Crippen LogP contribution < -0.4 is 5.32 Å². The average Bonchev–Trinajstić information content (AvgIpc) is 3.64. The van der Waals surface area contributed by atoms with Crippen LogP contribution in [0.3, 0.4) is 0 Å². The summed E-state index contributed by atoms with van der Waals surface area (Å²) in [7, 11) is 0. The van der Waals surface area contributed by atoms with E-state index in [-0.39, 0.29) is 18.4 Å². The minimum atomic E-state index is -0.908. The first-order chi connectivity index (χ1) is 14.9. The fraction of sp³-hybridized carbons (Fsp3) is 0.375. The zero-order chi connectivity index (χ0) is 21.9. The number of carbonyl (C=O) groups excluding carboxylic acids is 1. The van der Waals surface area contributed by atoms with Crippen LogP contribution in [0.1, 0.15) is 30.9 Å². The Labute approximate surface area is 187 Å². The molecule has 0 saturated heterocycles. The first-order valence-corrected chi connectivity index (χ1v) is 10.8. The van der Waals surface area contributed by atoms with E-state index < -0.39 is 11.2 Å². The molecule has 0 radical (unpaired) electrons. The molecule has 2 heterocycles. The number of hydrogen-bond acceptors (Lipinski definition) is 5. The number of aliphatic imine (C=N–C) groups is 1.